The number of hydrogen-bond donors (Lipinski definition) is 4. The van der Waals surface area contributed by atoms with Crippen molar-refractivity contribution in [2.75, 3.05) is 42.7 Å². The Morgan fingerprint density at radius 1 is 1.19 bits per heavy atom. The van der Waals surface area contributed by atoms with E-state index in [0.717, 1.165) is 51.6 Å². The fourth-order valence-electron chi connectivity index (χ4n) is 5.28. The molecule has 2 saturated heterocycles. The molecule has 12 heteroatoms. The summed E-state index contributed by atoms with van der Waals surface area (Å²) in [6, 6.07) is 6.14. The maximum Gasteiger partial charge on any atom is 0.271 e. The van der Waals surface area contributed by atoms with Crippen LogP contribution in [0.15, 0.2) is 35.4 Å². The summed E-state index contributed by atoms with van der Waals surface area (Å²) in [7, 11) is -3.33. The molecule has 5 N–H and O–H groups in total. The second kappa shape index (κ2) is 9.32. The van der Waals surface area contributed by atoms with Gasteiger partial charge >= 0.3 is 0 Å². The Morgan fingerprint density at radius 3 is 2.53 bits per heavy atom. The predicted octanol–water partition coefficient (Wildman–Crippen LogP) is 0.807. The fourth-order valence-corrected chi connectivity index (χ4v) is 5.91. The van der Waals surface area contributed by atoms with Crippen LogP contribution in [0.1, 0.15) is 36.2 Å². The van der Waals surface area contributed by atoms with Crippen molar-refractivity contribution >= 4 is 39.0 Å². The number of aromatic nitrogens is 2. The van der Waals surface area contributed by atoms with Crippen molar-refractivity contribution in [2.24, 2.45) is 17.1 Å². The van der Waals surface area contributed by atoms with Gasteiger partial charge in [0.05, 0.1) is 11.1 Å². The highest BCUT2D eigenvalue weighted by atomic mass is 32.2. The smallest absolute Gasteiger partial charge is 0.271 e. The van der Waals surface area contributed by atoms with Gasteiger partial charge < -0.3 is 26.6 Å². The molecule has 0 unspecified atom stereocenters. The molecule has 1 saturated carbocycles. The summed E-state index contributed by atoms with van der Waals surface area (Å²) in [4.78, 5) is 35.8. The van der Waals surface area contributed by atoms with E-state index >= 15 is 0 Å². The normalized spacial score (nSPS) is 21.4. The number of piperidine rings is 1. The number of amides is 2. The summed E-state index contributed by atoms with van der Waals surface area (Å²) in [5.41, 5.74) is 6.39. The summed E-state index contributed by atoms with van der Waals surface area (Å²) in [6.45, 7) is 3.38. The van der Waals surface area contributed by atoms with Gasteiger partial charge in [-0.1, -0.05) is 0 Å². The lowest BCUT2D eigenvalue weighted by atomic mass is 9.58. The molecule has 1 spiro atoms. The van der Waals surface area contributed by atoms with Gasteiger partial charge in [0.15, 0.2) is 21.3 Å². The molecule has 5 rings (SSSR count). The third-order valence-electron chi connectivity index (χ3n) is 7.36. The van der Waals surface area contributed by atoms with Gasteiger partial charge in [-0.2, -0.15) is 0 Å². The van der Waals surface area contributed by atoms with Crippen LogP contribution in [0.4, 0.5) is 17.3 Å². The van der Waals surface area contributed by atoms with Crippen molar-refractivity contribution in [3.63, 3.8) is 0 Å². The fraction of sp³-hybridized carbons (Fsp3) is 0.500. The van der Waals surface area contributed by atoms with E-state index in [2.05, 4.69) is 25.9 Å². The monoisotopic (exact) mass is 513 g/mol. The zero-order valence-electron chi connectivity index (χ0n) is 20.2. The van der Waals surface area contributed by atoms with Crippen LogP contribution in [0.3, 0.4) is 0 Å². The van der Waals surface area contributed by atoms with E-state index in [-0.39, 0.29) is 34.3 Å². The molecule has 2 amide bonds. The van der Waals surface area contributed by atoms with E-state index in [0.29, 0.717) is 23.5 Å². The van der Waals surface area contributed by atoms with Crippen molar-refractivity contribution < 1.29 is 18.0 Å². The first-order valence-electron chi connectivity index (χ1n) is 12.1. The van der Waals surface area contributed by atoms with Crippen molar-refractivity contribution in [3.8, 4) is 0 Å². The molecule has 1 aliphatic carbocycles. The zero-order valence-corrected chi connectivity index (χ0v) is 21.0. The molecule has 2 aromatic rings. The lowest BCUT2D eigenvalue weighted by molar-refractivity contribution is -0.135. The Morgan fingerprint density at radius 2 is 1.92 bits per heavy atom. The topological polar surface area (TPSA) is 159 Å². The summed E-state index contributed by atoms with van der Waals surface area (Å²) >= 11 is 0. The Balaban J connectivity index is 1.27. The molecule has 1 aromatic carbocycles. The van der Waals surface area contributed by atoms with Crippen molar-refractivity contribution in [2.45, 2.75) is 36.6 Å². The van der Waals surface area contributed by atoms with Crippen molar-refractivity contribution in [1.29, 1.82) is 0 Å². The number of rotatable bonds is 7. The second-order valence-electron chi connectivity index (χ2n) is 10.2. The number of sulfone groups is 1. The number of primary amides is 1. The highest BCUT2D eigenvalue weighted by molar-refractivity contribution is 7.90. The standard InChI is InChI=1S/C24H31N7O4S/c1-36(34,35)18-6-4-16(5-7-18)28-22-20(21(25)32)27-11-19(30-22)31-8-2-3-17(12-31)29-23(33)15-9-24(10-15)13-26-14-24/h4-7,11,15,17,26H,2-3,8-10,12-14H2,1H3,(H2,25,32)(H,28,30)(H,29,33)/t17-/m1/s1. The van der Waals surface area contributed by atoms with Gasteiger partial charge in [0.2, 0.25) is 5.91 Å². The zero-order chi connectivity index (χ0) is 25.5. The summed E-state index contributed by atoms with van der Waals surface area (Å²) in [5, 5.41) is 9.55. The Labute approximate surface area is 210 Å². The average molecular weight is 514 g/mol. The van der Waals surface area contributed by atoms with Gasteiger partial charge in [0.1, 0.15) is 5.82 Å². The highest BCUT2D eigenvalue weighted by Gasteiger charge is 2.51. The van der Waals surface area contributed by atoms with Crippen LogP contribution in [0.5, 0.6) is 0 Å². The number of nitrogens with zero attached hydrogens (tertiary/aromatic N) is 3. The SMILES string of the molecule is CS(=O)(=O)c1ccc(Nc2nc(N3CCC[C@@H](NC(=O)C4CC5(CNC5)C4)C3)cnc2C(N)=O)cc1. The summed E-state index contributed by atoms with van der Waals surface area (Å²) < 4.78 is 23.4. The number of anilines is 3. The van der Waals surface area contributed by atoms with E-state index in [1.807, 2.05) is 4.90 Å². The lowest BCUT2D eigenvalue weighted by Gasteiger charge is -2.54. The minimum absolute atomic E-state index is 0.0138. The second-order valence-corrected chi connectivity index (χ2v) is 12.2. The lowest BCUT2D eigenvalue weighted by Crippen LogP contribution is -2.63. The first-order valence-corrected chi connectivity index (χ1v) is 14.0. The van der Waals surface area contributed by atoms with E-state index in [9.17, 15) is 18.0 Å². The van der Waals surface area contributed by atoms with Crippen LogP contribution >= 0.6 is 0 Å². The van der Waals surface area contributed by atoms with Gasteiger partial charge in [-0.15, -0.1) is 0 Å². The van der Waals surface area contributed by atoms with Crippen LogP contribution < -0.4 is 26.6 Å². The van der Waals surface area contributed by atoms with Crippen LogP contribution in [-0.2, 0) is 14.6 Å². The van der Waals surface area contributed by atoms with Gasteiger partial charge in [-0.3, -0.25) is 9.59 Å². The molecule has 2 aliphatic heterocycles. The molecule has 3 fully saturated rings. The van der Waals surface area contributed by atoms with Gasteiger partial charge in [0, 0.05) is 50.1 Å². The largest absolute Gasteiger partial charge is 0.364 e. The quantitative estimate of drug-likeness (QED) is 0.420. The predicted molar refractivity (Wildman–Crippen MR) is 135 cm³/mol. The number of carbonyl (C=O) groups is 2. The summed E-state index contributed by atoms with van der Waals surface area (Å²) in [6.07, 6.45) is 6.36. The maximum atomic E-state index is 12.8. The van der Waals surface area contributed by atoms with Crippen molar-refractivity contribution in [3.05, 3.63) is 36.2 Å². The molecule has 3 aliphatic rings. The van der Waals surface area contributed by atoms with Gasteiger partial charge in [0.25, 0.3) is 5.91 Å². The average Bonchev–Trinajstić information content (AvgIpc) is 2.77. The molecular formula is C24H31N7O4S. The Bertz CT molecular complexity index is 1270. The molecular weight excluding hydrogens is 482 g/mol. The number of nitrogens with two attached hydrogens (primary N) is 1. The molecule has 1 atom stereocenters. The molecule has 3 heterocycles. The number of nitrogens with one attached hydrogen (secondary N) is 3. The molecule has 0 bridgehead atoms. The van der Waals surface area contributed by atoms with E-state index in [1.165, 1.54) is 18.3 Å². The Hall–Kier alpha value is -3.25. The molecule has 11 nitrogen and oxygen atoms in total. The number of hydrogen-bond acceptors (Lipinski definition) is 9. The third kappa shape index (κ3) is 5.00. The minimum Gasteiger partial charge on any atom is -0.364 e. The van der Waals surface area contributed by atoms with Crippen LogP contribution in [0.25, 0.3) is 0 Å². The first kappa shape index (κ1) is 24.4. The van der Waals surface area contributed by atoms with Gasteiger partial charge in [-0.25, -0.2) is 18.4 Å². The minimum atomic E-state index is -3.33. The molecule has 1 aromatic heterocycles. The van der Waals surface area contributed by atoms with Crippen LogP contribution in [-0.4, -0.2) is 68.7 Å². The van der Waals surface area contributed by atoms with E-state index in [4.69, 9.17) is 5.73 Å². The third-order valence-corrected chi connectivity index (χ3v) is 8.49. The number of benzene rings is 1. The number of carbonyl (C=O) groups excluding carboxylic acids is 2. The molecule has 36 heavy (non-hydrogen) atoms. The van der Waals surface area contributed by atoms with Crippen LogP contribution in [0.2, 0.25) is 0 Å². The Kier molecular flexibility index (Phi) is 6.33. The van der Waals surface area contributed by atoms with E-state index in [1.54, 1.807) is 12.1 Å². The van der Waals surface area contributed by atoms with Crippen molar-refractivity contribution in [1.82, 2.24) is 20.6 Å². The first-order chi connectivity index (χ1) is 17.1. The summed E-state index contributed by atoms with van der Waals surface area (Å²) in [5.74, 6) is 0.258. The maximum absolute atomic E-state index is 12.8. The van der Waals surface area contributed by atoms with Gasteiger partial charge in [-0.05, 0) is 55.4 Å². The molecule has 0 radical (unpaired) electrons. The highest BCUT2D eigenvalue weighted by Crippen LogP contribution is 2.48. The molecule has 192 valence electrons. The van der Waals surface area contributed by atoms with E-state index < -0.39 is 15.7 Å². The van der Waals surface area contributed by atoms with Crippen LogP contribution in [0, 0.1) is 11.3 Å².